The van der Waals surface area contributed by atoms with E-state index in [1.807, 2.05) is 66.7 Å². The molecule has 0 aliphatic rings. The van der Waals surface area contributed by atoms with Crippen LogP contribution in [0.15, 0.2) is 73.3 Å². The van der Waals surface area contributed by atoms with Crippen molar-refractivity contribution in [3.05, 3.63) is 99.1 Å². The third-order valence-electron chi connectivity index (χ3n) is 4.28. The van der Waals surface area contributed by atoms with Gasteiger partial charge in [0, 0.05) is 9.13 Å². The van der Waals surface area contributed by atoms with Gasteiger partial charge in [0.2, 0.25) is 0 Å². The molecule has 0 N–H and O–H groups in total. The second-order valence-electron chi connectivity index (χ2n) is 6.23. The predicted octanol–water partition coefficient (Wildman–Crippen LogP) is 5.88. The Bertz CT molecular complexity index is 985. The molecule has 0 heterocycles. The Balaban J connectivity index is 2.02. The zero-order chi connectivity index (χ0) is 20.6. The van der Waals surface area contributed by atoms with Crippen LogP contribution in [0.4, 0.5) is 0 Å². The molecule has 3 rings (SSSR count). The van der Waals surface area contributed by atoms with Crippen LogP contribution in [0, 0.1) is 3.57 Å². The molecule has 0 saturated heterocycles. The molecule has 0 fully saturated rings. The fourth-order valence-electron chi connectivity index (χ4n) is 2.82. The van der Waals surface area contributed by atoms with Crippen LogP contribution in [0.3, 0.4) is 0 Å². The van der Waals surface area contributed by atoms with Crippen LogP contribution in [0.25, 0.3) is 6.08 Å². The number of methoxy groups -OCH3 is 1. The molecule has 29 heavy (non-hydrogen) atoms. The van der Waals surface area contributed by atoms with Gasteiger partial charge in [-0.05, 0) is 39.8 Å². The van der Waals surface area contributed by atoms with E-state index >= 15 is 0 Å². The minimum atomic E-state index is -0.474. The summed E-state index contributed by atoms with van der Waals surface area (Å²) in [5.74, 6) is 0.358. The van der Waals surface area contributed by atoms with E-state index in [2.05, 4.69) is 29.2 Å². The normalized spacial score (nSPS) is 10.3. The first kappa shape index (κ1) is 20.9. The molecule has 4 nitrogen and oxygen atoms in total. The number of carbonyl (C=O) groups excluding carboxylic acids is 1. The summed E-state index contributed by atoms with van der Waals surface area (Å²) in [5.41, 5.74) is 3.09. The monoisotopic (exact) mass is 500 g/mol. The van der Waals surface area contributed by atoms with Crippen molar-refractivity contribution < 1.29 is 19.0 Å². The smallest absolute Gasteiger partial charge is 0.342 e. The van der Waals surface area contributed by atoms with Crippen molar-refractivity contribution in [3.63, 3.8) is 0 Å². The van der Waals surface area contributed by atoms with Crippen molar-refractivity contribution >= 4 is 34.6 Å². The maximum Gasteiger partial charge on any atom is 0.342 e. The maximum absolute atomic E-state index is 12.5. The molecular weight excluding hydrogens is 479 g/mol. The van der Waals surface area contributed by atoms with E-state index in [-0.39, 0.29) is 0 Å². The highest BCUT2D eigenvalue weighted by Crippen LogP contribution is 2.40. The van der Waals surface area contributed by atoms with E-state index in [1.165, 1.54) is 7.11 Å². The molecule has 0 bridgehead atoms. The van der Waals surface area contributed by atoms with Crippen LogP contribution >= 0.6 is 22.6 Å². The van der Waals surface area contributed by atoms with Crippen molar-refractivity contribution in [2.24, 2.45) is 0 Å². The zero-order valence-electron chi connectivity index (χ0n) is 16.1. The van der Waals surface area contributed by atoms with Crippen LogP contribution in [-0.2, 0) is 18.0 Å². The number of ether oxygens (including phenoxy) is 3. The van der Waals surface area contributed by atoms with Gasteiger partial charge in [0.15, 0.2) is 11.5 Å². The van der Waals surface area contributed by atoms with Gasteiger partial charge >= 0.3 is 5.97 Å². The topological polar surface area (TPSA) is 44.8 Å². The third kappa shape index (κ3) is 5.17. The van der Waals surface area contributed by atoms with Crippen LogP contribution in [0.1, 0.15) is 27.0 Å². The predicted molar refractivity (Wildman–Crippen MR) is 122 cm³/mol. The van der Waals surface area contributed by atoms with E-state index in [4.69, 9.17) is 14.2 Å². The molecule has 0 unspecified atom stereocenters. The lowest BCUT2D eigenvalue weighted by Gasteiger charge is -2.19. The molecule has 148 valence electrons. The third-order valence-corrected chi connectivity index (χ3v) is 5.13. The second-order valence-corrected chi connectivity index (χ2v) is 7.39. The highest BCUT2D eigenvalue weighted by atomic mass is 127. The van der Waals surface area contributed by atoms with Crippen LogP contribution < -0.4 is 9.47 Å². The maximum atomic E-state index is 12.5. The summed E-state index contributed by atoms with van der Waals surface area (Å²) in [6, 6.07) is 21.4. The molecule has 0 aliphatic heterocycles. The molecule has 0 aromatic heterocycles. The number of hydrogen-bond donors (Lipinski definition) is 0. The van der Waals surface area contributed by atoms with Crippen LogP contribution in [-0.4, -0.2) is 13.1 Å². The first-order valence-electron chi connectivity index (χ1n) is 9.04. The summed E-state index contributed by atoms with van der Waals surface area (Å²) in [7, 11) is 1.35. The van der Waals surface area contributed by atoms with E-state index in [9.17, 15) is 4.79 Å². The Kier molecular flexibility index (Phi) is 7.30. The van der Waals surface area contributed by atoms with E-state index in [1.54, 1.807) is 6.08 Å². The second kappa shape index (κ2) is 10.1. The largest absolute Gasteiger partial charge is 0.484 e. The number of rotatable bonds is 8. The molecular formula is C24H21IO4. The summed E-state index contributed by atoms with van der Waals surface area (Å²) in [5, 5.41) is 0. The van der Waals surface area contributed by atoms with Gasteiger partial charge in [-0.25, -0.2) is 4.79 Å². The number of hydrogen-bond acceptors (Lipinski definition) is 4. The van der Waals surface area contributed by atoms with Gasteiger partial charge in [0.1, 0.15) is 18.8 Å². The number of carbonyl (C=O) groups is 1. The van der Waals surface area contributed by atoms with Gasteiger partial charge < -0.3 is 14.2 Å². The van der Waals surface area contributed by atoms with Gasteiger partial charge in [-0.15, -0.1) is 0 Å². The molecule has 0 atom stereocenters. The van der Waals surface area contributed by atoms with Crippen LogP contribution in [0.2, 0.25) is 0 Å². The summed E-state index contributed by atoms with van der Waals surface area (Å²) in [6.45, 7) is 4.52. The molecule has 3 aromatic carbocycles. The van der Waals surface area contributed by atoms with Gasteiger partial charge in [-0.2, -0.15) is 0 Å². The first-order chi connectivity index (χ1) is 14.1. The SMILES string of the molecule is C=Cc1cc(I)c(C(=O)OC)c(OCc2ccccc2)c1OCc1ccccc1. The van der Waals surface area contributed by atoms with Crippen molar-refractivity contribution in [1.29, 1.82) is 0 Å². The Morgan fingerprint density at radius 1 is 0.931 bits per heavy atom. The van der Waals surface area contributed by atoms with E-state index in [0.717, 1.165) is 16.7 Å². The molecule has 0 radical (unpaired) electrons. The fraction of sp³-hybridized carbons (Fsp3) is 0.125. The fourth-order valence-corrected chi connectivity index (χ4v) is 3.62. The lowest BCUT2D eigenvalue weighted by molar-refractivity contribution is 0.0593. The molecule has 3 aromatic rings. The minimum absolute atomic E-state index is 0.295. The van der Waals surface area contributed by atoms with Crippen LogP contribution in [0.5, 0.6) is 11.5 Å². The van der Waals surface area contributed by atoms with Gasteiger partial charge in [-0.1, -0.05) is 73.3 Å². The molecule has 0 spiro atoms. The van der Waals surface area contributed by atoms with Gasteiger partial charge in [0.25, 0.3) is 0 Å². The number of benzene rings is 3. The molecule has 0 saturated carbocycles. The van der Waals surface area contributed by atoms with E-state index < -0.39 is 5.97 Å². The molecule has 5 heteroatoms. The average molecular weight is 500 g/mol. The first-order valence-corrected chi connectivity index (χ1v) is 10.1. The highest BCUT2D eigenvalue weighted by Gasteiger charge is 2.25. The van der Waals surface area contributed by atoms with Crippen molar-refractivity contribution in [2.45, 2.75) is 13.2 Å². The average Bonchev–Trinajstić information content (AvgIpc) is 2.77. The standard InChI is InChI=1S/C24H21IO4/c1-3-19-14-20(25)21(24(26)27-2)23(29-16-18-12-8-5-9-13-18)22(19)28-15-17-10-6-4-7-11-17/h3-14H,1,15-16H2,2H3. The van der Waals surface area contributed by atoms with E-state index in [0.29, 0.717) is 33.8 Å². The zero-order valence-corrected chi connectivity index (χ0v) is 18.2. The molecule has 0 amide bonds. The minimum Gasteiger partial charge on any atom is -0.484 e. The highest BCUT2D eigenvalue weighted by molar-refractivity contribution is 14.1. The van der Waals surface area contributed by atoms with Crippen molar-refractivity contribution in [2.75, 3.05) is 7.11 Å². The lowest BCUT2D eigenvalue weighted by Crippen LogP contribution is -2.11. The van der Waals surface area contributed by atoms with Crippen molar-refractivity contribution in [1.82, 2.24) is 0 Å². The summed E-state index contributed by atoms with van der Waals surface area (Å²) in [4.78, 5) is 12.5. The van der Waals surface area contributed by atoms with Crippen molar-refractivity contribution in [3.8, 4) is 11.5 Å². The Morgan fingerprint density at radius 2 is 1.45 bits per heavy atom. The molecule has 0 aliphatic carbocycles. The number of esters is 1. The summed E-state index contributed by atoms with van der Waals surface area (Å²) < 4.78 is 17.9. The Labute approximate surface area is 184 Å². The number of halogens is 1. The quantitative estimate of drug-likeness (QED) is 0.286. The Morgan fingerprint density at radius 3 is 1.93 bits per heavy atom. The summed E-state index contributed by atoms with van der Waals surface area (Å²) >= 11 is 2.10. The van der Waals surface area contributed by atoms with Gasteiger partial charge in [-0.3, -0.25) is 0 Å². The Hall–Kier alpha value is -2.80. The lowest BCUT2D eigenvalue weighted by atomic mass is 10.1. The summed E-state index contributed by atoms with van der Waals surface area (Å²) in [6.07, 6.45) is 1.69. The van der Waals surface area contributed by atoms with Gasteiger partial charge in [0.05, 0.1) is 7.11 Å².